The Kier molecular flexibility index (Phi) is 3.77. The highest BCUT2D eigenvalue weighted by Gasteiger charge is 2.63. The third-order valence-electron chi connectivity index (χ3n) is 8.06. The highest BCUT2D eigenvalue weighted by molar-refractivity contribution is 6.23. The number of carbonyl (C=O) groups is 4. The van der Waals surface area contributed by atoms with Gasteiger partial charge in [-0.2, -0.15) is 0 Å². The minimum absolute atomic E-state index is 0.118. The zero-order chi connectivity index (χ0) is 21.5. The quantitative estimate of drug-likeness (QED) is 0.636. The predicted octanol–water partition coefficient (Wildman–Crippen LogP) is 1.55. The summed E-state index contributed by atoms with van der Waals surface area (Å²) in [5.41, 5.74) is 8.44. The van der Waals surface area contributed by atoms with E-state index in [4.69, 9.17) is 5.73 Å². The number of anilines is 1. The molecule has 162 valence electrons. The van der Waals surface area contributed by atoms with Gasteiger partial charge in [0.25, 0.3) is 11.8 Å². The van der Waals surface area contributed by atoms with Crippen LogP contribution in [0.15, 0.2) is 18.2 Å². The summed E-state index contributed by atoms with van der Waals surface area (Å²) in [6.45, 7) is 0. The number of nitrogens with zero attached hydrogens (tertiary/aromatic N) is 1. The lowest BCUT2D eigenvalue weighted by molar-refractivity contribution is -0.150. The van der Waals surface area contributed by atoms with Crippen molar-refractivity contribution in [2.75, 3.05) is 5.32 Å². The van der Waals surface area contributed by atoms with Crippen molar-refractivity contribution in [2.24, 2.45) is 16.6 Å². The van der Waals surface area contributed by atoms with Gasteiger partial charge in [0.05, 0.1) is 11.1 Å². The lowest BCUT2D eigenvalue weighted by atomic mass is 9.38. The Morgan fingerprint density at radius 3 is 2.32 bits per heavy atom. The van der Waals surface area contributed by atoms with Crippen molar-refractivity contribution >= 4 is 29.3 Å². The van der Waals surface area contributed by atoms with Crippen molar-refractivity contribution in [3.63, 3.8) is 0 Å². The van der Waals surface area contributed by atoms with E-state index < -0.39 is 23.8 Å². The average molecular weight is 422 g/mol. The van der Waals surface area contributed by atoms with Gasteiger partial charge >= 0.3 is 0 Å². The van der Waals surface area contributed by atoms with Crippen molar-refractivity contribution in [3.05, 3.63) is 29.3 Å². The highest BCUT2D eigenvalue weighted by atomic mass is 16.2. The minimum Gasteiger partial charge on any atom is -0.382 e. The van der Waals surface area contributed by atoms with Crippen LogP contribution in [0.25, 0.3) is 0 Å². The molecule has 5 aliphatic rings. The molecule has 4 fully saturated rings. The molecule has 2 heterocycles. The fourth-order valence-corrected chi connectivity index (χ4v) is 7.05. The van der Waals surface area contributed by atoms with E-state index in [1.165, 1.54) is 25.7 Å². The number of nitrogens with one attached hydrogen (secondary N) is 2. The van der Waals surface area contributed by atoms with Gasteiger partial charge in [-0.05, 0) is 74.0 Å². The van der Waals surface area contributed by atoms with Crippen molar-refractivity contribution in [2.45, 2.75) is 69.5 Å². The van der Waals surface area contributed by atoms with Gasteiger partial charge in [-0.3, -0.25) is 29.4 Å². The maximum absolute atomic E-state index is 13.0. The van der Waals surface area contributed by atoms with Crippen LogP contribution < -0.4 is 16.4 Å². The van der Waals surface area contributed by atoms with Crippen LogP contribution >= 0.6 is 0 Å². The number of fused-ring (bicyclic) bond motifs is 1. The number of benzene rings is 1. The van der Waals surface area contributed by atoms with Gasteiger partial charge in [-0.25, -0.2) is 0 Å². The summed E-state index contributed by atoms with van der Waals surface area (Å²) in [6, 6.07) is 5.06. The zero-order valence-electron chi connectivity index (χ0n) is 17.3. The van der Waals surface area contributed by atoms with Crippen molar-refractivity contribution in [3.8, 4) is 0 Å². The van der Waals surface area contributed by atoms with Crippen LogP contribution in [0.3, 0.4) is 0 Å². The standard InChI is InChI=1S/C23H26N4O4/c24-12-6-22(7-12)10-23(11-22)8-14(9-23)25-13-1-2-15-16(5-13)21(31)27(20(15)30)17-3-4-18(28)26-19(17)29/h1-2,5,12,14,17,25H,3-4,6-11,24H2,(H,26,28,29). The van der Waals surface area contributed by atoms with Crippen molar-refractivity contribution in [1.82, 2.24) is 10.2 Å². The monoisotopic (exact) mass is 422 g/mol. The van der Waals surface area contributed by atoms with Crippen LogP contribution in [-0.2, 0) is 9.59 Å². The number of hydrogen-bond donors (Lipinski definition) is 3. The van der Waals surface area contributed by atoms with Crippen molar-refractivity contribution in [1.29, 1.82) is 0 Å². The first kappa shape index (κ1) is 19.0. The predicted molar refractivity (Wildman–Crippen MR) is 111 cm³/mol. The molecule has 2 aliphatic heterocycles. The number of carbonyl (C=O) groups excluding carboxylic acids is 4. The summed E-state index contributed by atoms with van der Waals surface area (Å²) < 4.78 is 0. The largest absolute Gasteiger partial charge is 0.382 e. The number of nitrogens with two attached hydrogens (primary N) is 1. The molecule has 2 spiro atoms. The Hall–Kier alpha value is -2.74. The molecule has 8 nitrogen and oxygen atoms in total. The first-order valence-corrected chi connectivity index (χ1v) is 11.1. The van der Waals surface area contributed by atoms with E-state index in [1.807, 2.05) is 6.07 Å². The van der Waals surface area contributed by atoms with Gasteiger partial charge in [0.2, 0.25) is 11.8 Å². The second-order valence-corrected chi connectivity index (χ2v) is 10.5. The second kappa shape index (κ2) is 6.16. The number of imide groups is 2. The molecule has 4 amide bonds. The Labute approximate surface area is 179 Å². The zero-order valence-corrected chi connectivity index (χ0v) is 17.3. The number of rotatable bonds is 3. The smallest absolute Gasteiger partial charge is 0.262 e. The third-order valence-corrected chi connectivity index (χ3v) is 8.06. The molecule has 0 aromatic heterocycles. The normalized spacial score (nSPS) is 38.5. The third kappa shape index (κ3) is 2.77. The molecule has 8 heteroatoms. The molecule has 0 radical (unpaired) electrons. The minimum atomic E-state index is -0.932. The number of piperidine rings is 1. The van der Waals surface area contributed by atoms with E-state index in [1.54, 1.807) is 12.1 Å². The summed E-state index contributed by atoms with van der Waals surface area (Å²) in [6.07, 6.45) is 7.50. The number of amides is 4. The molecule has 31 heavy (non-hydrogen) atoms. The molecular formula is C23H26N4O4. The van der Waals surface area contributed by atoms with Gasteiger partial charge < -0.3 is 11.1 Å². The molecule has 1 saturated heterocycles. The van der Waals surface area contributed by atoms with Crippen molar-refractivity contribution < 1.29 is 19.2 Å². The first-order chi connectivity index (χ1) is 14.8. The summed E-state index contributed by atoms with van der Waals surface area (Å²) >= 11 is 0. The molecule has 6 rings (SSSR count). The Morgan fingerprint density at radius 2 is 1.65 bits per heavy atom. The summed E-state index contributed by atoms with van der Waals surface area (Å²) in [5, 5.41) is 5.74. The Balaban J connectivity index is 1.12. The summed E-state index contributed by atoms with van der Waals surface area (Å²) in [7, 11) is 0. The molecule has 0 bridgehead atoms. The van der Waals surface area contributed by atoms with Crippen LogP contribution in [0.5, 0.6) is 0 Å². The molecule has 1 atom stereocenters. The summed E-state index contributed by atoms with van der Waals surface area (Å²) in [4.78, 5) is 50.3. The maximum Gasteiger partial charge on any atom is 0.262 e. The van der Waals surface area contributed by atoms with Crippen LogP contribution in [0.4, 0.5) is 5.69 Å². The Bertz CT molecular complexity index is 1030. The van der Waals surface area contributed by atoms with E-state index in [0.717, 1.165) is 23.4 Å². The lowest BCUT2D eigenvalue weighted by Gasteiger charge is -2.68. The van der Waals surface area contributed by atoms with Crippen LogP contribution in [-0.4, -0.2) is 46.7 Å². The van der Waals surface area contributed by atoms with E-state index in [-0.39, 0.29) is 18.7 Å². The highest BCUT2D eigenvalue weighted by Crippen LogP contribution is 2.70. The van der Waals surface area contributed by atoms with Gasteiger partial charge in [0.1, 0.15) is 6.04 Å². The Morgan fingerprint density at radius 1 is 0.968 bits per heavy atom. The van der Waals surface area contributed by atoms with Crippen LogP contribution in [0.1, 0.15) is 72.1 Å². The molecule has 3 aliphatic carbocycles. The SMILES string of the molecule is NC1CC2(C1)CC1(CC(Nc3ccc4c(c3)C(=O)N(C3CCC(=O)NC3=O)C4=O)C1)C2. The van der Waals surface area contributed by atoms with Gasteiger partial charge in [0, 0.05) is 24.2 Å². The molecule has 3 saturated carbocycles. The van der Waals surface area contributed by atoms with E-state index >= 15 is 0 Å². The maximum atomic E-state index is 13.0. The van der Waals surface area contributed by atoms with Gasteiger partial charge in [-0.1, -0.05) is 0 Å². The van der Waals surface area contributed by atoms with E-state index in [9.17, 15) is 19.2 Å². The molecule has 4 N–H and O–H groups in total. The van der Waals surface area contributed by atoms with Gasteiger partial charge in [-0.15, -0.1) is 0 Å². The molecular weight excluding hydrogens is 396 g/mol. The topological polar surface area (TPSA) is 122 Å². The van der Waals surface area contributed by atoms with Crippen LogP contribution in [0, 0.1) is 10.8 Å². The van der Waals surface area contributed by atoms with Gasteiger partial charge in [0.15, 0.2) is 0 Å². The van der Waals surface area contributed by atoms with E-state index in [2.05, 4.69) is 10.6 Å². The van der Waals surface area contributed by atoms with Crippen LogP contribution in [0.2, 0.25) is 0 Å². The van der Waals surface area contributed by atoms with E-state index in [0.29, 0.717) is 34.0 Å². The number of hydrogen-bond acceptors (Lipinski definition) is 6. The first-order valence-electron chi connectivity index (χ1n) is 11.1. The average Bonchev–Trinajstić information content (AvgIpc) is 2.88. The lowest BCUT2D eigenvalue weighted by Crippen LogP contribution is -2.63. The fraction of sp³-hybridized carbons (Fsp3) is 0.565. The molecule has 1 unspecified atom stereocenters. The molecule has 1 aromatic rings. The summed E-state index contributed by atoms with van der Waals surface area (Å²) in [5.74, 6) is -1.90. The second-order valence-electron chi connectivity index (χ2n) is 10.5. The fourth-order valence-electron chi connectivity index (χ4n) is 7.05. The molecule has 1 aromatic carbocycles.